The summed E-state index contributed by atoms with van der Waals surface area (Å²) in [4.78, 5) is 13.1. The summed E-state index contributed by atoms with van der Waals surface area (Å²) in [5.41, 5.74) is 0.754. The van der Waals surface area contributed by atoms with Gasteiger partial charge in [0.15, 0.2) is 0 Å². The van der Waals surface area contributed by atoms with Crippen LogP contribution in [0.5, 0.6) is 0 Å². The molecule has 1 N–H and O–H groups in total. The molecule has 0 radical (unpaired) electrons. The average molecular weight is 329 g/mol. The number of likely N-dealkylation sites (tertiary alicyclic amines) is 1. The van der Waals surface area contributed by atoms with Crippen LogP contribution in [-0.2, 0) is 6.54 Å². The van der Waals surface area contributed by atoms with Gasteiger partial charge in [0.25, 0.3) is 0 Å². The van der Waals surface area contributed by atoms with Crippen LogP contribution < -0.4 is 10.2 Å². The van der Waals surface area contributed by atoms with Gasteiger partial charge in [-0.25, -0.2) is 9.37 Å². The second kappa shape index (κ2) is 7.57. The number of piperidine rings is 1. The quantitative estimate of drug-likeness (QED) is 0.914. The predicted molar refractivity (Wildman–Crippen MR) is 94.7 cm³/mol. The van der Waals surface area contributed by atoms with E-state index in [2.05, 4.69) is 20.2 Å². The molecule has 1 aliphatic heterocycles. The fourth-order valence-corrected chi connectivity index (χ4v) is 3.03. The van der Waals surface area contributed by atoms with Crippen LogP contribution in [-0.4, -0.2) is 48.1 Å². The zero-order valence-electron chi connectivity index (χ0n) is 14.2. The molecular formula is C18H24FN5. The van der Waals surface area contributed by atoms with Crippen molar-refractivity contribution >= 4 is 11.8 Å². The largest absolute Gasteiger partial charge is 0.363 e. The van der Waals surface area contributed by atoms with Gasteiger partial charge >= 0.3 is 0 Å². The number of nitrogens with zero attached hydrogens (tertiary/aromatic N) is 4. The van der Waals surface area contributed by atoms with E-state index in [4.69, 9.17) is 0 Å². The Morgan fingerprint density at radius 3 is 2.92 bits per heavy atom. The van der Waals surface area contributed by atoms with Crippen LogP contribution in [0.4, 0.5) is 16.2 Å². The Morgan fingerprint density at radius 2 is 2.12 bits per heavy atom. The maximum atomic E-state index is 13.8. The second-order valence-electron chi connectivity index (χ2n) is 6.44. The Kier molecular flexibility index (Phi) is 5.25. The van der Waals surface area contributed by atoms with Crippen LogP contribution in [0.15, 0.2) is 36.5 Å². The summed E-state index contributed by atoms with van der Waals surface area (Å²) in [6, 6.07) is 9.16. The van der Waals surface area contributed by atoms with Crippen molar-refractivity contribution in [3.8, 4) is 0 Å². The molecule has 1 aromatic carbocycles. The molecule has 3 rings (SSSR count). The first-order chi connectivity index (χ1) is 11.6. The van der Waals surface area contributed by atoms with Crippen molar-refractivity contribution < 1.29 is 4.39 Å². The Hall–Kier alpha value is -2.21. The third kappa shape index (κ3) is 4.20. The molecule has 6 heteroatoms. The minimum absolute atomic E-state index is 0.130. The van der Waals surface area contributed by atoms with Crippen molar-refractivity contribution in [2.45, 2.75) is 25.4 Å². The number of anilines is 2. The summed E-state index contributed by atoms with van der Waals surface area (Å²) in [6.45, 7) is 2.50. The maximum Gasteiger partial charge on any atom is 0.224 e. The second-order valence-corrected chi connectivity index (χ2v) is 6.44. The van der Waals surface area contributed by atoms with Crippen molar-refractivity contribution in [2.24, 2.45) is 0 Å². The first-order valence-corrected chi connectivity index (χ1v) is 8.34. The van der Waals surface area contributed by atoms with Crippen LogP contribution in [0.3, 0.4) is 0 Å². The minimum Gasteiger partial charge on any atom is -0.363 e. The van der Waals surface area contributed by atoms with Crippen molar-refractivity contribution in [3.05, 3.63) is 47.9 Å². The summed E-state index contributed by atoms with van der Waals surface area (Å²) in [6.07, 6.45) is 3.92. The van der Waals surface area contributed by atoms with Gasteiger partial charge < -0.3 is 10.2 Å². The smallest absolute Gasteiger partial charge is 0.224 e. The number of aromatic nitrogens is 2. The van der Waals surface area contributed by atoms with Gasteiger partial charge in [-0.05, 0) is 31.5 Å². The standard InChI is InChI=1S/C18H24FN5/c1-23(2)17-9-10-20-18(22-17)21-15-7-5-11-24(13-15)12-14-6-3-4-8-16(14)19/h3-4,6,8-10,15H,5,7,11-13H2,1-2H3,(H,20,21,22). The van der Waals surface area contributed by atoms with E-state index < -0.39 is 0 Å². The Labute approximate surface area is 142 Å². The zero-order chi connectivity index (χ0) is 16.9. The van der Waals surface area contributed by atoms with Gasteiger partial charge in [0.2, 0.25) is 5.95 Å². The average Bonchev–Trinajstić information content (AvgIpc) is 2.57. The van der Waals surface area contributed by atoms with E-state index in [0.717, 1.165) is 37.3 Å². The number of nitrogens with one attached hydrogen (secondary N) is 1. The molecule has 1 unspecified atom stereocenters. The molecule has 2 heterocycles. The van der Waals surface area contributed by atoms with Crippen LogP contribution in [0.2, 0.25) is 0 Å². The molecule has 1 atom stereocenters. The van der Waals surface area contributed by atoms with E-state index in [1.807, 2.05) is 37.2 Å². The fraction of sp³-hybridized carbons (Fsp3) is 0.444. The molecule has 1 fully saturated rings. The molecule has 1 saturated heterocycles. The highest BCUT2D eigenvalue weighted by Crippen LogP contribution is 2.18. The molecule has 0 bridgehead atoms. The third-order valence-corrected chi connectivity index (χ3v) is 4.29. The molecule has 1 aromatic heterocycles. The number of rotatable bonds is 5. The highest BCUT2D eigenvalue weighted by Gasteiger charge is 2.21. The number of hydrogen-bond acceptors (Lipinski definition) is 5. The lowest BCUT2D eigenvalue weighted by Gasteiger charge is -2.33. The van der Waals surface area contributed by atoms with E-state index in [0.29, 0.717) is 12.5 Å². The van der Waals surface area contributed by atoms with E-state index in [9.17, 15) is 4.39 Å². The maximum absolute atomic E-state index is 13.8. The van der Waals surface area contributed by atoms with Crippen molar-refractivity contribution in [2.75, 3.05) is 37.4 Å². The fourth-order valence-electron chi connectivity index (χ4n) is 3.03. The van der Waals surface area contributed by atoms with Gasteiger partial charge in [0, 0.05) is 45.0 Å². The summed E-state index contributed by atoms with van der Waals surface area (Å²) in [7, 11) is 3.92. The minimum atomic E-state index is -0.130. The van der Waals surface area contributed by atoms with Crippen molar-refractivity contribution in [3.63, 3.8) is 0 Å². The normalized spacial score (nSPS) is 18.4. The van der Waals surface area contributed by atoms with Gasteiger partial charge in [-0.2, -0.15) is 4.98 Å². The molecule has 0 spiro atoms. The Morgan fingerprint density at radius 1 is 1.29 bits per heavy atom. The van der Waals surface area contributed by atoms with Crippen LogP contribution in [0.25, 0.3) is 0 Å². The first-order valence-electron chi connectivity index (χ1n) is 8.34. The number of benzene rings is 1. The first kappa shape index (κ1) is 16.6. The van der Waals surface area contributed by atoms with Crippen molar-refractivity contribution in [1.29, 1.82) is 0 Å². The SMILES string of the molecule is CN(C)c1ccnc(NC2CCCN(Cc3ccccc3F)C2)n1. The zero-order valence-corrected chi connectivity index (χ0v) is 14.2. The highest BCUT2D eigenvalue weighted by atomic mass is 19.1. The molecule has 1 aliphatic rings. The van der Waals surface area contributed by atoms with Gasteiger partial charge in [-0.15, -0.1) is 0 Å². The molecule has 0 saturated carbocycles. The highest BCUT2D eigenvalue weighted by molar-refractivity contribution is 5.41. The van der Waals surface area contributed by atoms with E-state index in [1.165, 1.54) is 6.07 Å². The molecule has 24 heavy (non-hydrogen) atoms. The van der Waals surface area contributed by atoms with E-state index in [1.54, 1.807) is 12.3 Å². The number of hydrogen-bond donors (Lipinski definition) is 1. The lowest BCUT2D eigenvalue weighted by Crippen LogP contribution is -2.42. The van der Waals surface area contributed by atoms with Crippen LogP contribution in [0.1, 0.15) is 18.4 Å². The monoisotopic (exact) mass is 329 g/mol. The molecule has 0 aliphatic carbocycles. The summed E-state index contributed by atoms with van der Waals surface area (Å²) >= 11 is 0. The van der Waals surface area contributed by atoms with Crippen LogP contribution in [0, 0.1) is 5.82 Å². The predicted octanol–water partition coefficient (Wildman–Crippen LogP) is 2.76. The molecule has 5 nitrogen and oxygen atoms in total. The summed E-state index contributed by atoms with van der Waals surface area (Å²) in [5.74, 6) is 1.40. The lowest BCUT2D eigenvalue weighted by molar-refractivity contribution is 0.206. The molecule has 128 valence electrons. The molecular weight excluding hydrogens is 305 g/mol. The van der Waals surface area contributed by atoms with Gasteiger partial charge in [-0.3, -0.25) is 4.90 Å². The topological polar surface area (TPSA) is 44.3 Å². The van der Waals surface area contributed by atoms with Gasteiger partial charge in [0.05, 0.1) is 0 Å². The lowest BCUT2D eigenvalue weighted by atomic mass is 10.0. The number of halogens is 1. The third-order valence-electron chi connectivity index (χ3n) is 4.29. The molecule has 2 aromatic rings. The van der Waals surface area contributed by atoms with E-state index in [-0.39, 0.29) is 11.9 Å². The Bertz CT molecular complexity index is 676. The van der Waals surface area contributed by atoms with Crippen molar-refractivity contribution in [1.82, 2.24) is 14.9 Å². The van der Waals surface area contributed by atoms with Gasteiger partial charge in [-0.1, -0.05) is 18.2 Å². The Balaban J connectivity index is 1.61. The molecule has 0 amide bonds. The summed E-state index contributed by atoms with van der Waals surface area (Å²) < 4.78 is 13.8. The van der Waals surface area contributed by atoms with Gasteiger partial charge in [0.1, 0.15) is 11.6 Å². The van der Waals surface area contributed by atoms with E-state index >= 15 is 0 Å². The van der Waals surface area contributed by atoms with Crippen LogP contribution >= 0.6 is 0 Å². The summed E-state index contributed by atoms with van der Waals surface area (Å²) in [5, 5.41) is 3.42.